The number of carbonyl (C=O) groups excluding carboxylic acids is 1. The molecule has 1 amide bonds. The molecule has 1 aliphatic carbocycles. The number of anilines is 1. The molecule has 0 aromatic carbocycles. The van der Waals surface area contributed by atoms with Crippen molar-refractivity contribution in [2.24, 2.45) is 16.7 Å². The van der Waals surface area contributed by atoms with Crippen molar-refractivity contribution in [2.45, 2.75) is 41.0 Å². The Labute approximate surface area is 127 Å². The van der Waals surface area contributed by atoms with E-state index < -0.39 is 0 Å². The largest absolute Gasteiger partial charge is 0.370 e. The van der Waals surface area contributed by atoms with Crippen molar-refractivity contribution in [2.75, 3.05) is 18.4 Å². The molecule has 116 valence electrons. The molecule has 4 heteroatoms. The van der Waals surface area contributed by atoms with Crippen molar-refractivity contribution in [3.05, 3.63) is 23.9 Å². The van der Waals surface area contributed by atoms with Crippen LogP contribution in [0.4, 0.5) is 5.82 Å². The number of nitrogens with zero attached hydrogens (tertiary/aromatic N) is 1. The highest BCUT2D eigenvalue weighted by molar-refractivity contribution is 5.94. The molecule has 2 N–H and O–H groups in total. The van der Waals surface area contributed by atoms with Crippen LogP contribution in [0, 0.1) is 16.7 Å². The van der Waals surface area contributed by atoms with Gasteiger partial charge >= 0.3 is 0 Å². The second kappa shape index (κ2) is 5.66. The van der Waals surface area contributed by atoms with Gasteiger partial charge in [-0.05, 0) is 35.3 Å². The number of pyridine rings is 1. The first-order chi connectivity index (χ1) is 9.80. The molecule has 0 atom stereocenters. The van der Waals surface area contributed by atoms with Gasteiger partial charge in [-0.25, -0.2) is 4.98 Å². The normalized spacial score (nSPS) is 19.1. The molecule has 21 heavy (non-hydrogen) atoms. The lowest BCUT2D eigenvalue weighted by Gasteiger charge is -2.08. The average Bonchev–Trinajstić information content (AvgIpc) is 2.84. The number of hydrogen-bond donors (Lipinski definition) is 2. The summed E-state index contributed by atoms with van der Waals surface area (Å²) >= 11 is 0. The topological polar surface area (TPSA) is 54.0 Å². The molecule has 4 nitrogen and oxygen atoms in total. The Balaban J connectivity index is 1.92. The summed E-state index contributed by atoms with van der Waals surface area (Å²) in [5.41, 5.74) is 1.26. The maximum Gasteiger partial charge on any atom is 0.251 e. The third-order valence-corrected chi connectivity index (χ3v) is 5.36. The van der Waals surface area contributed by atoms with E-state index in [4.69, 9.17) is 0 Å². The van der Waals surface area contributed by atoms with Gasteiger partial charge < -0.3 is 10.6 Å². The van der Waals surface area contributed by atoms with Crippen molar-refractivity contribution >= 4 is 11.7 Å². The molecule has 1 aromatic heterocycles. The summed E-state index contributed by atoms with van der Waals surface area (Å²) in [5.74, 6) is 1.28. The Hall–Kier alpha value is -1.58. The van der Waals surface area contributed by atoms with E-state index in [0.717, 1.165) is 25.3 Å². The number of rotatable bonds is 6. The molecular formula is C17H27N3O. The first-order valence-electron chi connectivity index (χ1n) is 7.79. The van der Waals surface area contributed by atoms with E-state index in [1.54, 1.807) is 12.3 Å². The van der Waals surface area contributed by atoms with Crippen LogP contribution in [-0.4, -0.2) is 24.0 Å². The van der Waals surface area contributed by atoms with Crippen LogP contribution >= 0.6 is 0 Å². The van der Waals surface area contributed by atoms with Crippen LogP contribution < -0.4 is 10.6 Å². The summed E-state index contributed by atoms with van der Waals surface area (Å²) in [4.78, 5) is 16.5. The fraction of sp³-hybridized carbons (Fsp3) is 0.647. The summed E-state index contributed by atoms with van der Waals surface area (Å²) < 4.78 is 0. The molecule has 1 aliphatic rings. The minimum Gasteiger partial charge on any atom is -0.370 e. The Morgan fingerprint density at radius 1 is 1.29 bits per heavy atom. The zero-order valence-electron chi connectivity index (χ0n) is 13.8. The molecule has 1 saturated carbocycles. The summed E-state index contributed by atoms with van der Waals surface area (Å²) in [6, 6.07) is 3.57. The van der Waals surface area contributed by atoms with Crippen LogP contribution in [0.1, 0.15) is 51.4 Å². The van der Waals surface area contributed by atoms with Gasteiger partial charge in [-0.3, -0.25) is 4.79 Å². The molecule has 2 rings (SSSR count). The monoisotopic (exact) mass is 289 g/mol. The van der Waals surface area contributed by atoms with Crippen LogP contribution in [0.5, 0.6) is 0 Å². The summed E-state index contributed by atoms with van der Waals surface area (Å²) in [7, 11) is 0. The highest BCUT2D eigenvalue weighted by atomic mass is 16.1. The first kappa shape index (κ1) is 15.8. The van der Waals surface area contributed by atoms with E-state index in [1.807, 2.05) is 6.07 Å². The molecule has 0 saturated heterocycles. The molecular weight excluding hydrogens is 262 g/mol. The Morgan fingerprint density at radius 2 is 1.95 bits per heavy atom. The third kappa shape index (κ3) is 3.04. The predicted octanol–water partition coefficient (Wildman–Crippen LogP) is 3.32. The van der Waals surface area contributed by atoms with Gasteiger partial charge in [-0.2, -0.15) is 0 Å². The first-order valence-corrected chi connectivity index (χ1v) is 7.79. The van der Waals surface area contributed by atoms with Gasteiger partial charge in [0.25, 0.3) is 5.91 Å². The van der Waals surface area contributed by atoms with Crippen LogP contribution in [0.15, 0.2) is 18.3 Å². The summed E-state index contributed by atoms with van der Waals surface area (Å²) in [6.45, 7) is 12.8. The smallest absolute Gasteiger partial charge is 0.251 e. The lowest BCUT2D eigenvalue weighted by molar-refractivity contribution is 0.0950. The maximum atomic E-state index is 12.3. The third-order valence-electron chi connectivity index (χ3n) is 5.36. The predicted molar refractivity (Wildman–Crippen MR) is 86.4 cm³/mol. The maximum absolute atomic E-state index is 12.3. The second-order valence-corrected chi connectivity index (χ2v) is 7.06. The lowest BCUT2D eigenvalue weighted by atomic mass is 10.0. The van der Waals surface area contributed by atoms with Gasteiger partial charge in [0.1, 0.15) is 5.82 Å². The Kier molecular flexibility index (Phi) is 4.26. The highest BCUT2D eigenvalue weighted by Gasteiger charge is 2.64. The van der Waals surface area contributed by atoms with Gasteiger partial charge in [0.05, 0.1) is 0 Å². The zero-order valence-corrected chi connectivity index (χ0v) is 13.8. The van der Waals surface area contributed by atoms with Crippen molar-refractivity contribution < 1.29 is 4.79 Å². The number of aromatic nitrogens is 1. The quantitative estimate of drug-likeness (QED) is 0.844. The number of carbonyl (C=O) groups is 1. The molecule has 1 fully saturated rings. The zero-order chi connectivity index (χ0) is 15.7. The summed E-state index contributed by atoms with van der Waals surface area (Å²) in [6.07, 6.45) is 2.71. The second-order valence-electron chi connectivity index (χ2n) is 7.06. The minimum absolute atomic E-state index is 0.0181. The Morgan fingerprint density at radius 3 is 2.52 bits per heavy atom. The molecule has 0 radical (unpaired) electrons. The fourth-order valence-corrected chi connectivity index (χ4v) is 3.06. The van der Waals surface area contributed by atoms with E-state index in [9.17, 15) is 4.79 Å². The number of hydrogen-bond acceptors (Lipinski definition) is 3. The van der Waals surface area contributed by atoms with Crippen molar-refractivity contribution in [1.29, 1.82) is 0 Å². The van der Waals surface area contributed by atoms with Crippen LogP contribution in [0.2, 0.25) is 0 Å². The Bertz CT molecular complexity index is 509. The van der Waals surface area contributed by atoms with Gasteiger partial charge in [-0.1, -0.05) is 34.6 Å². The molecule has 0 unspecified atom stereocenters. The van der Waals surface area contributed by atoms with E-state index in [0.29, 0.717) is 22.3 Å². The van der Waals surface area contributed by atoms with E-state index in [1.165, 1.54) is 0 Å². The molecule has 0 spiro atoms. The lowest BCUT2D eigenvalue weighted by Crippen LogP contribution is -2.27. The van der Waals surface area contributed by atoms with Gasteiger partial charge in [0.2, 0.25) is 0 Å². The molecule has 0 aliphatic heterocycles. The van der Waals surface area contributed by atoms with Crippen LogP contribution in [-0.2, 0) is 0 Å². The standard InChI is InChI=1S/C17H27N3O/c1-6-8-18-14-10-12(7-9-19-14)15(21)20-11-13-16(2,3)17(13,4)5/h7,9-10,13H,6,8,11H2,1-5H3,(H,18,19)(H,20,21). The SMILES string of the molecule is CCCNc1cc(C(=O)NCC2C(C)(C)C2(C)C)ccn1. The average molecular weight is 289 g/mol. The van der Waals surface area contributed by atoms with Crippen LogP contribution in [0.3, 0.4) is 0 Å². The van der Waals surface area contributed by atoms with Crippen LogP contribution in [0.25, 0.3) is 0 Å². The minimum atomic E-state index is -0.0181. The van der Waals surface area contributed by atoms with Gasteiger partial charge in [0.15, 0.2) is 0 Å². The number of amides is 1. The van der Waals surface area contributed by atoms with Crippen molar-refractivity contribution in [3.63, 3.8) is 0 Å². The fourth-order valence-electron chi connectivity index (χ4n) is 3.06. The highest BCUT2D eigenvalue weighted by Crippen LogP contribution is 2.67. The molecule has 1 heterocycles. The van der Waals surface area contributed by atoms with E-state index >= 15 is 0 Å². The van der Waals surface area contributed by atoms with Crippen molar-refractivity contribution in [3.8, 4) is 0 Å². The van der Waals surface area contributed by atoms with E-state index in [-0.39, 0.29) is 5.91 Å². The van der Waals surface area contributed by atoms with Gasteiger partial charge in [-0.15, -0.1) is 0 Å². The van der Waals surface area contributed by atoms with Crippen molar-refractivity contribution in [1.82, 2.24) is 10.3 Å². The van der Waals surface area contributed by atoms with E-state index in [2.05, 4.69) is 50.2 Å². The number of nitrogens with one attached hydrogen (secondary N) is 2. The molecule has 0 bridgehead atoms. The molecule has 1 aromatic rings. The summed E-state index contributed by atoms with van der Waals surface area (Å²) in [5, 5.41) is 6.26. The van der Waals surface area contributed by atoms with Gasteiger partial charge in [0, 0.05) is 24.8 Å².